The monoisotopic (exact) mass is 259 g/mol. The van der Waals surface area contributed by atoms with E-state index in [1.807, 2.05) is 17.8 Å². The average Bonchev–Trinajstić information content (AvgIpc) is 2.79. The van der Waals surface area contributed by atoms with Crippen molar-refractivity contribution in [2.24, 2.45) is 12.8 Å². The second-order valence-corrected chi connectivity index (χ2v) is 4.64. The predicted molar refractivity (Wildman–Crippen MR) is 77.1 cm³/mol. The minimum Gasteiger partial charge on any atom is -0.496 e. The van der Waals surface area contributed by atoms with E-state index < -0.39 is 0 Å². The topological polar surface area (TPSA) is 53.1 Å². The molecule has 4 heteroatoms. The summed E-state index contributed by atoms with van der Waals surface area (Å²) >= 11 is 0. The maximum Gasteiger partial charge on any atom is 0.123 e. The standard InChI is InChI=1S/C15H21N3O/c1-4-5-14-13(10-18(2)17-14)11-6-7-15(19-3)12(8-11)9-16/h6-8,10H,4-5,9,16H2,1-3H3. The Morgan fingerprint density at radius 1 is 1.37 bits per heavy atom. The first-order chi connectivity index (χ1) is 9.19. The lowest BCUT2D eigenvalue weighted by Gasteiger charge is -2.09. The molecule has 0 unspecified atom stereocenters. The number of hydrogen-bond donors (Lipinski definition) is 1. The maximum absolute atomic E-state index is 5.77. The van der Waals surface area contributed by atoms with Crippen LogP contribution in [0, 0.1) is 0 Å². The van der Waals surface area contributed by atoms with Crippen molar-refractivity contribution in [1.29, 1.82) is 0 Å². The minimum absolute atomic E-state index is 0.473. The third kappa shape index (κ3) is 2.79. The van der Waals surface area contributed by atoms with Crippen LogP contribution in [-0.4, -0.2) is 16.9 Å². The van der Waals surface area contributed by atoms with Crippen molar-refractivity contribution >= 4 is 0 Å². The van der Waals surface area contributed by atoms with E-state index in [1.54, 1.807) is 7.11 Å². The van der Waals surface area contributed by atoms with E-state index in [9.17, 15) is 0 Å². The smallest absolute Gasteiger partial charge is 0.123 e. The zero-order valence-electron chi connectivity index (χ0n) is 11.8. The maximum atomic E-state index is 5.77. The molecule has 0 spiro atoms. The van der Waals surface area contributed by atoms with E-state index >= 15 is 0 Å². The van der Waals surface area contributed by atoms with Crippen LogP contribution in [-0.2, 0) is 20.0 Å². The molecule has 0 radical (unpaired) electrons. The van der Waals surface area contributed by atoms with E-state index in [4.69, 9.17) is 10.5 Å². The molecule has 1 aromatic carbocycles. The Morgan fingerprint density at radius 3 is 2.79 bits per heavy atom. The zero-order valence-corrected chi connectivity index (χ0v) is 11.8. The van der Waals surface area contributed by atoms with Gasteiger partial charge in [0.15, 0.2) is 0 Å². The second kappa shape index (κ2) is 5.89. The summed E-state index contributed by atoms with van der Waals surface area (Å²) in [6, 6.07) is 6.13. The number of hydrogen-bond acceptors (Lipinski definition) is 3. The lowest BCUT2D eigenvalue weighted by molar-refractivity contribution is 0.410. The van der Waals surface area contributed by atoms with E-state index in [0.29, 0.717) is 6.54 Å². The molecule has 4 nitrogen and oxygen atoms in total. The third-order valence-corrected chi connectivity index (χ3v) is 3.20. The van der Waals surface area contributed by atoms with Gasteiger partial charge in [0, 0.05) is 30.9 Å². The van der Waals surface area contributed by atoms with Crippen LogP contribution in [0.3, 0.4) is 0 Å². The van der Waals surface area contributed by atoms with Crippen LogP contribution in [0.5, 0.6) is 5.75 Å². The quantitative estimate of drug-likeness (QED) is 0.897. The molecule has 2 N–H and O–H groups in total. The van der Waals surface area contributed by atoms with Crippen LogP contribution in [0.1, 0.15) is 24.6 Å². The molecule has 0 aliphatic heterocycles. The summed E-state index contributed by atoms with van der Waals surface area (Å²) in [7, 11) is 3.62. The molecule has 102 valence electrons. The Hall–Kier alpha value is -1.81. The normalized spacial score (nSPS) is 10.7. The van der Waals surface area contributed by atoms with Crippen molar-refractivity contribution in [1.82, 2.24) is 9.78 Å². The molecule has 0 saturated carbocycles. The highest BCUT2D eigenvalue weighted by molar-refractivity contribution is 5.67. The number of rotatable bonds is 5. The second-order valence-electron chi connectivity index (χ2n) is 4.64. The highest BCUT2D eigenvalue weighted by atomic mass is 16.5. The van der Waals surface area contributed by atoms with Gasteiger partial charge in [-0.3, -0.25) is 4.68 Å². The fraction of sp³-hybridized carbons (Fsp3) is 0.400. The van der Waals surface area contributed by atoms with E-state index in [0.717, 1.165) is 35.4 Å². The van der Waals surface area contributed by atoms with Crippen molar-refractivity contribution < 1.29 is 4.74 Å². The van der Waals surface area contributed by atoms with E-state index in [-0.39, 0.29) is 0 Å². The van der Waals surface area contributed by atoms with Crippen LogP contribution >= 0.6 is 0 Å². The Kier molecular flexibility index (Phi) is 4.22. The van der Waals surface area contributed by atoms with Crippen molar-refractivity contribution in [3.8, 4) is 16.9 Å². The van der Waals surface area contributed by atoms with Crippen molar-refractivity contribution in [2.75, 3.05) is 7.11 Å². The number of aromatic nitrogens is 2. The van der Waals surface area contributed by atoms with Crippen LogP contribution in [0.2, 0.25) is 0 Å². The summed E-state index contributed by atoms with van der Waals surface area (Å²) < 4.78 is 7.18. The minimum atomic E-state index is 0.473. The molecule has 0 amide bonds. The number of ether oxygens (including phenoxy) is 1. The van der Waals surface area contributed by atoms with Gasteiger partial charge < -0.3 is 10.5 Å². The van der Waals surface area contributed by atoms with Gasteiger partial charge in [0.25, 0.3) is 0 Å². The van der Waals surface area contributed by atoms with Gasteiger partial charge >= 0.3 is 0 Å². The number of benzene rings is 1. The molecule has 0 bridgehead atoms. The van der Waals surface area contributed by atoms with E-state index in [2.05, 4.69) is 30.4 Å². The molecular weight excluding hydrogens is 238 g/mol. The summed E-state index contributed by atoms with van der Waals surface area (Å²) in [6.45, 7) is 2.64. The largest absolute Gasteiger partial charge is 0.496 e. The first kappa shape index (κ1) is 13.6. The number of methoxy groups -OCH3 is 1. The van der Waals surface area contributed by atoms with Crippen molar-refractivity contribution in [3.63, 3.8) is 0 Å². The Labute approximate surface area is 114 Å². The first-order valence-corrected chi connectivity index (χ1v) is 6.59. The first-order valence-electron chi connectivity index (χ1n) is 6.59. The molecule has 1 aromatic heterocycles. The molecular formula is C15H21N3O. The van der Waals surface area contributed by atoms with Gasteiger partial charge in [-0.15, -0.1) is 0 Å². The van der Waals surface area contributed by atoms with Gasteiger partial charge in [-0.05, 0) is 24.1 Å². The van der Waals surface area contributed by atoms with Gasteiger partial charge in [-0.2, -0.15) is 5.10 Å². The summed E-state index contributed by atoms with van der Waals surface area (Å²) in [5, 5.41) is 4.53. The average molecular weight is 259 g/mol. The van der Waals surface area contributed by atoms with Crippen LogP contribution < -0.4 is 10.5 Å². The summed E-state index contributed by atoms with van der Waals surface area (Å²) in [6.07, 6.45) is 4.14. The van der Waals surface area contributed by atoms with Gasteiger partial charge in [0.1, 0.15) is 5.75 Å². The van der Waals surface area contributed by atoms with Crippen LogP contribution in [0.15, 0.2) is 24.4 Å². The molecule has 0 fully saturated rings. The molecule has 19 heavy (non-hydrogen) atoms. The van der Waals surface area contributed by atoms with Crippen molar-refractivity contribution in [2.45, 2.75) is 26.3 Å². The molecule has 1 heterocycles. The Balaban J connectivity index is 2.46. The highest BCUT2D eigenvalue weighted by Gasteiger charge is 2.11. The van der Waals surface area contributed by atoms with Crippen molar-refractivity contribution in [3.05, 3.63) is 35.7 Å². The van der Waals surface area contributed by atoms with Crippen LogP contribution in [0.4, 0.5) is 0 Å². The molecule has 0 atom stereocenters. The van der Waals surface area contributed by atoms with Gasteiger partial charge in [0.2, 0.25) is 0 Å². The van der Waals surface area contributed by atoms with E-state index in [1.165, 1.54) is 5.56 Å². The summed E-state index contributed by atoms with van der Waals surface area (Å²) in [5.41, 5.74) is 10.3. The zero-order chi connectivity index (χ0) is 13.8. The lowest BCUT2D eigenvalue weighted by Crippen LogP contribution is -2.00. The Bertz CT molecular complexity index is 561. The fourth-order valence-electron chi connectivity index (χ4n) is 2.30. The lowest BCUT2D eigenvalue weighted by atomic mass is 10.0. The number of nitrogens with two attached hydrogens (primary N) is 1. The predicted octanol–water partition coefficient (Wildman–Crippen LogP) is 2.51. The molecule has 2 rings (SSSR count). The summed E-state index contributed by atoms with van der Waals surface area (Å²) in [5.74, 6) is 0.840. The summed E-state index contributed by atoms with van der Waals surface area (Å²) in [4.78, 5) is 0. The van der Waals surface area contributed by atoms with Gasteiger partial charge in [0.05, 0.1) is 12.8 Å². The third-order valence-electron chi connectivity index (χ3n) is 3.20. The Morgan fingerprint density at radius 2 is 2.16 bits per heavy atom. The fourth-order valence-corrected chi connectivity index (χ4v) is 2.30. The molecule has 0 aliphatic carbocycles. The molecule has 2 aromatic rings. The van der Waals surface area contributed by atoms with Crippen LogP contribution in [0.25, 0.3) is 11.1 Å². The highest BCUT2D eigenvalue weighted by Crippen LogP contribution is 2.28. The number of nitrogens with zero attached hydrogens (tertiary/aromatic N) is 2. The molecule has 0 aliphatic rings. The van der Waals surface area contributed by atoms with Gasteiger partial charge in [-0.1, -0.05) is 19.4 Å². The van der Waals surface area contributed by atoms with Gasteiger partial charge in [-0.25, -0.2) is 0 Å². The SMILES string of the molecule is CCCc1nn(C)cc1-c1ccc(OC)c(CN)c1. The number of aryl methyl sites for hydroxylation is 2. The molecule has 0 saturated heterocycles.